The molecule has 0 saturated carbocycles. The van der Waals surface area contributed by atoms with E-state index in [-0.39, 0.29) is 12.5 Å². The quantitative estimate of drug-likeness (QED) is 0.761. The van der Waals surface area contributed by atoms with Gasteiger partial charge >= 0.3 is 0 Å². The van der Waals surface area contributed by atoms with Crippen molar-refractivity contribution < 1.29 is 4.52 Å². The van der Waals surface area contributed by atoms with Gasteiger partial charge in [0.1, 0.15) is 6.54 Å². The van der Waals surface area contributed by atoms with E-state index in [4.69, 9.17) is 21.9 Å². The van der Waals surface area contributed by atoms with Gasteiger partial charge in [-0.15, -0.1) is 0 Å². The van der Waals surface area contributed by atoms with Gasteiger partial charge in [0.25, 0.3) is 0 Å². The van der Waals surface area contributed by atoms with E-state index in [0.29, 0.717) is 22.3 Å². The van der Waals surface area contributed by atoms with Crippen LogP contribution in [0, 0.1) is 0 Å². The first-order valence-electron chi connectivity index (χ1n) is 5.33. The molecule has 2 aromatic heterocycles. The maximum Gasteiger partial charge on any atom is 0.248 e. The van der Waals surface area contributed by atoms with Crippen LogP contribution in [0.4, 0.5) is 5.95 Å². The zero-order valence-electron chi connectivity index (χ0n) is 9.56. The predicted octanol–water partition coefficient (Wildman–Crippen LogP) is 1.01. The van der Waals surface area contributed by atoms with Crippen molar-refractivity contribution in [1.29, 1.82) is 0 Å². The van der Waals surface area contributed by atoms with Gasteiger partial charge in [0.05, 0.1) is 5.02 Å². The average molecular weight is 278 g/mol. The molecule has 9 heteroatoms. The lowest BCUT2D eigenvalue weighted by Gasteiger charge is -1.96. The molecule has 0 radical (unpaired) electrons. The zero-order valence-corrected chi connectivity index (χ0v) is 10.3. The molecule has 0 bridgehead atoms. The second-order valence-corrected chi connectivity index (χ2v) is 4.09. The van der Waals surface area contributed by atoms with Crippen LogP contribution >= 0.6 is 11.6 Å². The van der Waals surface area contributed by atoms with E-state index < -0.39 is 0 Å². The summed E-state index contributed by atoms with van der Waals surface area (Å²) in [5, 5.41) is 15.1. The number of aromatic nitrogens is 6. The van der Waals surface area contributed by atoms with Crippen molar-refractivity contribution in [1.82, 2.24) is 30.3 Å². The van der Waals surface area contributed by atoms with Gasteiger partial charge in [-0.3, -0.25) is 0 Å². The van der Waals surface area contributed by atoms with E-state index in [1.165, 1.54) is 4.68 Å². The minimum Gasteiger partial charge on any atom is -0.367 e. The smallest absolute Gasteiger partial charge is 0.248 e. The van der Waals surface area contributed by atoms with Gasteiger partial charge < -0.3 is 10.3 Å². The molecular formula is C10H8ClN7O. The summed E-state index contributed by atoms with van der Waals surface area (Å²) in [4.78, 5) is 4.22. The van der Waals surface area contributed by atoms with E-state index in [1.807, 2.05) is 18.2 Å². The number of nitrogens with zero attached hydrogens (tertiary/aromatic N) is 6. The number of tetrazole rings is 1. The summed E-state index contributed by atoms with van der Waals surface area (Å²) < 4.78 is 6.46. The Kier molecular flexibility index (Phi) is 2.84. The number of hydrogen-bond acceptors (Lipinski definition) is 7. The van der Waals surface area contributed by atoms with E-state index in [2.05, 4.69) is 25.7 Å². The summed E-state index contributed by atoms with van der Waals surface area (Å²) in [5.41, 5.74) is 6.24. The summed E-state index contributed by atoms with van der Waals surface area (Å²) in [6.07, 6.45) is 0. The van der Waals surface area contributed by atoms with Crippen LogP contribution in [0.5, 0.6) is 0 Å². The number of halogens is 1. The molecule has 2 heterocycles. The summed E-state index contributed by atoms with van der Waals surface area (Å²) in [6.45, 7) is 0.205. The normalized spacial score (nSPS) is 10.8. The third-order valence-electron chi connectivity index (χ3n) is 2.43. The van der Waals surface area contributed by atoms with Crippen LogP contribution in [-0.2, 0) is 6.54 Å². The molecule has 0 aliphatic rings. The van der Waals surface area contributed by atoms with E-state index in [0.717, 1.165) is 0 Å². The van der Waals surface area contributed by atoms with Crippen molar-refractivity contribution in [2.24, 2.45) is 0 Å². The summed E-state index contributed by atoms with van der Waals surface area (Å²) in [5.74, 6) is 0.929. The SMILES string of the molecule is Nc1nnnn1Cc1nc(-c2ccccc2Cl)no1. The molecule has 3 rings (SSSR count). The number of nitrogen functional groups attached to an aromatic ring is 1. The van der Waals surface area contributed by atoms with E-state index in [1.54, 1.807) is 6.07 Å². The van der Waals surface area contributed by atoms with Crippen LogP contribution in [-0.4, -0.2) is 30.3 Å². The average Bonchev–Trinajstić information content (AvgIpc) is 3.01. The Morgan fingerprint density at radius 2 is 2.16 bits per heavy atom. The molecule has 0 saturated heterocycles. The van der Waals surface area contributed by atoms with Crippen LogP contribution in [0.25, 0.3) is 11.4 Å². The lowest BCUT2D eigenvalue weighted by atomic mass is 10.2. The largest absolute Gasteiger partial charge is 0.367 e. The molecule has 96 valence electrons. The highest BCUT2D eigenvalue weighted by Gasteiger charge is 2.13. The van der Waals surface area contributed by atoms with Crippen LogP contribution in [0.2, 0.25) is 5.02 Å². The molecule has 0 fully saturated rings. The first-order chi connectivity index (χ1) is 9.24. The Labute approximate surface area is 112 Å². The van der Waals surface area contributed by atoms with Crippen molar-refractivity contribution in [3.8, 4) is 11.4 Å². The fourth-order valence-electron chi connectivity index (χ4n) is 1.52. The molecule has 0 atom stereocenters. The lowest BCUT2D eigenvalue weighted by molar-refractivity contribution is 0.365. The Morgan fingerprint density at radius 1 is 1.32 bits per heavy atom. The van der Waals surface area contributed by atoms with Gasteiger partial charge in [0.15, 0.2) is 0 Å². The maximum atomic E-state index is 6.06. The molecule has 0 aliphatic heterocycles. The fourth-order valence-corrected chi connectivity index (χ4v) is 1.74. The fraction of sp³-hybridized carbons (Fsp3) is 0.100. The highest BCUT2D eigenvalue weighted by Crippen LogP contribution is 2.24. The van der Waals surface area contributed by atoms with Crippen molar-refractivity contribution in [2.75, 3.05) is 5.73 Å². The van der Waals surface area contributed by atoms with Crippen molar-refractivity contribution >= 4 is 17.5 Å². The predicted molar refractivity (Wildman–Crippen MR) is 66.1 cm³/mol. The Balaban J connectivity index is 1.88. The molecule has 0 unspecified atom stereocenters. The third kappa shape index (κ3) is 2.25. The molecule has 19 heavy (non-hydrogen) atoms. The topological polar surface area (TPSA) is 109 Å². The second-order valence-electron chi connectivity index (χ2n) is 3.69. The monoisotopic (exact) mass is 277 g/mol. The number of anilines is 1. The Bertz CT molecular complexity index is 707. The standard InChI is InChI=1S/C10H8ClN7O/c11-7-4-2-1-3-6(7)9-13-8(19-15-9)5-18-10(12)14-16-17-18/h1-4H,5H2,(H2,12,14,17). The van der Waals surface area contributed by atoms with Gasteiger partial charge in [-0.2, -0.15) is 4.98 Å². The summed E-state index contributed by atoms with van der Waals surface area (Å²) >= 11 is 6.06. The van der Waals surface area contributed by atoms with Gasteiger partial charge in [-0.1, -0.05) is 34.0 Å². The second kappa shape index (κ2) is 4.65. The van der Waals surface area contributed by atoms with Gasteiger partial charge in [0.2, 0.25) is 17.7 Å². The molecule has 0 amide bonds. The van der Waals surface area contributed by atoms with E-state index in [9.17, 15) is 0 Å². The number of benzene rings is 1. The summed E-state index contributed by atoms with van der Waals surface area (Å²) in [6, 6.07) is 7.24. The third-order valence-corrected chi connectivity index (χ3v) is 2.76. The number of rotatable bonds is 3. The number of hydrogen-bond donors (Lipinski definition) is 1. The van der Waals surface area contributed by atoms with Gasteiger partial charge in [-0.25, -0.2) is 4.68 Å². The maximum absolute atomic E-state index is 6.06. The summed E-state index contributed by atoms with van der Waals surface area (Å²) in [7, 11) is 0. The van der Waals surface area contributed by atoms with Gasteiger partial charge in [0, 0.05) is 5.56 Å². The lowest BCUT2D eigenvalue weighted by Crippen LogP contribution is -2.06. The molecule has 8 nitrogen and oxygen atoms in total. The van der Waals surface area contributed by atoms with Crippen molar-refractivity contribution in [3.05, 3.63) is 35.2 Å². The van der Waals surface area contributed by atoms with Gasteiger partial charge in [-0.05, 0) is 22.6 Å². The molecule has 0 spiro atoms. The Hall–Kier alpha value is -2.48. The molecule has 1 aromatic carbocycles. The molecule has 0 aliphatic carbocycles. The first kappa shape index (κ1) is 11.6. The van der Waals surface area contributed by atoms with E-state index >= 15 is 0 Å². The minimum atomic E-state index is 0.178. The van der Waals surface area contributed by atoms with Crippen molar-refractivity contribution in [2.45, 2.75) is 6.54 Å². The van der Waals surface area contributed by atoms with Crippen molar-refractivity contribution in [3.63, 3.8) is 0 Å². The highest BCUT2D eigenvalue weighted by molar-refractivity contribution is 6.33. The number of nitrogens with two attached hydrogens (primary N) is 1. The Morgan fingerprint density at radius 3 is 2.89 bits per heavy atom. The zero-order chi connectivity index (χ0) is 13.2. The van der Waals surface area contributed by atoms with Crippen LogP contribution in [0.15, 0.2) is 28.8 Å². The highest BCUT2D eigenvalue weighted by atomic mass is 35.5. The molecule has 2 N–H and O–H groups in total. The van der Waals surface area contributed by atoms with Crippen LogP contribution < -0.4 is 5.73 Å². The first-order valence-corrected chi connectivity index (χ1v) is 5.71. The molecular weight excluding hydrogens is 270 g/mol. The van der Waals surface area contributed by atoms with Crippen LogP contribution in [0.1, 0.15) is 5.89 Å². The molecule has 3 aromatic rings. The van der Waals surface area contributed by atoms with Crippen LogP contribution in [0.3, 0.4) is 0 Å². The minimum absolute atomic E-state index is 0.178.